The number of anilines is 1. The van der Waals surface area contributed by atoms with Gasteiger partial charge in [-0.3, -0.25) is 9.59 Å². The second kappa shape index (κ2) is 7.90. The van der Waals surface area contributed by atoms with Crippen LogP contribution in [-0.4, -0.2) is 31.9 Å². The minimum atomic E-state index is -0.327. The summed E-state index contributed by atoms with van der Waals surface area (Å²) < 4.78 is 15.1. The minimum Gasteiger partial charge on any atom is -0.353 e. The van der Waals surface area contributed by atoms with Crippen LogP contribution >= 0.6 is 11.3 Å². The Morgan fingerprint density at radius 2 is 2.21 bits per heavy atom. The van der Waals surface area contributed by atoms with Crippen molar-refractivity contribution in [3.63, 3.8) is 0 Å². The van der Waals surface area contributed by atoms with Crippen LogP contribution in [0.1, 0.15) is 49.6 Å². The predicted molar refractivity (Wildman–Crippen MR) is 110 cm³/mol. The molecule has 1 unspecified atom stereocenters. The van der Waals surface area contributed by atoms with Crippen LogP contribution in [0.15, 0.2) is 29.1 Å². The number of hydrogen-bond acceptors (Lipinski definition) is 6. The summed E-state index contributed by atoms with van der Waals surface area (Å²) in [5, 5.41) is 8.32. The highest BCUT2D eigenvalue weighted by Gasteiger charge is 2.25. The van der Waals surface area contributed by atoms with E-state index in [9.17, 15) is 14.0 Å². The summed E-state index contributed by atoms with van der Waals surface area (Å²) in [6.07, 6.45) is 2.31. The van der Waals surface area contributed by atoms with Crippen molar-refractivity contribution < 1.29 is 9.18 Å². The number of carbonyl (C=O) groups is 1. The SMILES string of the molecule is CCCc1cc(=O)n2nc(NC3CCN(C(C)=O)Cc4cc(F)ccc43)sc2n1. The Bertz CT molecular complexity index is 1130. The van der Waals surface area contributed by atoms with Crippen molar-refractivity contribution in [2.75, 3.05) is 11.9 Å². The molecular formula is C20H22FN5O2S. The predicted octanol–water partition coefficient (Wildman–Crippen LogP) is 3.15. The molecule has 0 bridgehead atoms. The van der Waals surface area contributed by atoms with Crippen molar-refractivity contribution in [3.05, 3.63) is 57.3 Å². The highest BCUT2D eigenvalue weighted by molar-refractivity contribution is 7.20. The zero-order chi connectivity index (χ0) is 20.5. The quantitative estimate of drug-likeness (QED) is 0.708. The van der Waals surface area contributed by atoms with Crippen molar-refractivity contribution in [1.29, 1.82) is 0 Å². The normalized spacial score (nSPS) is 16.5. The number of amides is 1. The summed E-state index contributed by atoms with van der Waals surface area (Å²) in [6, 6.07) is 6.03. The molecule has 9 heteroatoms. The fraction of sp³-hybridized carbons (Fsp3) is 0.400. The number of nitrogens with zero attached hydrogens (tertiary/aromatic N) is 4. The molecule has 1 atom stereocenters. The van der Waals surface area contributed by atoms with Crippen LogP contribution in [0.2, 0.25) is 0 Å². The van der Waals surface area contributed by atoms with Gasteiger partial charge in [-0.2, -0.15) is 4.52 Å². The lowest BCUT2D eigenvalue weighted by molar-refractivity contribution is -0.129. The third kappa shape index (κ3) is 4.00. The molecule has 2 aromatic heterocycles. The first-order valence-electron chi connectivity index (χ1n) is 9.64. The van der Waals surface area contributed by atoms with Gasteiger partial charge >= 0.3 is 0 Å². The van der Waals surface area contributed by atoms with Crippen molar-refractivity contribution in [1.82, 2.24) is 19.5 Å². The molecule has 1 aliphatic heterocycles. The van der Waals surface area contributed by atoms with E-state index < -0.39 is 0 Å². The van der Waals surface area contributed by atoms with Crippen LogP contribution in [0, 0.1) is 5.82 Å². The second-order valence-electron chi connectivity index (χ2n) is 7.21. The molecule has 0 spiro atoms. The summed E-state index contributed by atoms with van der Waals surface area (Å²) in [4.78, 5) is 31.0. The molecular weight excluding hydrogens is 393 g/mol. The van der Waals surface area contributed by atoms with Gasteiger partial charge < -0.3 is 10.2 Å². The molecule has 152 valence electrons. The standard InChI is InChI=1S/C20H22FN5O2S/c1-3-4-15-10-18(28)26-20(22-15)29-19(24-26)23-17-7-8-25(12(2)27)11-13-9-14(21)5-6-16(13)17/h5-6,9-10,17H,3-4,7-8,11H2,1-2H3,(H,23,24). The Labute approximate surface area is 171 Å². The molecule has 0 aliphatic carbocycles. The van der Waals surface area contributed by atoms with Crippen LogP contribution in [0.3, 0.4) is 0 Å². The maximum Gasteiger partial charge on any atom is 0.275 e. The largest absolute Gasteiger partial charge is 0.353 e. The summed E-state index contributed by atoms with van der Waals surface area (Å²) in [7, 11) is 0. The molecule has 4 rings (SSSR count). The van der Waals surface area contributed by atoms with Gasteiger partial charge in [0.05, 0.1) is 6.04 Å². The maximum atomic E-state index is 13.8. The van der Waals surface area contributed by atoms with Gasteiger partial charge in [0.25, 0.3) is 5.56 Å². The number of fused-ring (bicyclic) bond motifs is 2. The van der Waals surface area contributed by atoms with E-state index in [2.05, 4.69) is 15.4 Å². The van der Waals surface area contributed by atoms with E-state index in [1.54, 1.807) is 11.0 Å². The zero-order valence-electron chi connectivity index (χ0n) is 16.3. The van der Waals surface area contributed by atoms with E-state index >= 15 is 0 Å². The van der Waals surface area contributed by atoms with E-state index in [1.807, 2.05) is 6.92 Å². The van der Waals surface area contributed by atoms with Crippen molar-refractivity contribution in [2.24, 2.45) is 0 Å². The molecule has 1 amide bonds. The number of halogens is 1. The molecule has 3 heterocycles. The molecule has 0 saturated heterocycles. The average molecular weight is 415 g/mol. The fourth-order valence-electron chi connectivity index (χ4n) is 3.64. The number of nitrogens with one attached hydrogen (secondary N) is 1. The molecule has 29 heavy (non-hydrogen) atoms. The van der Waals surface area contributed by atoms with Crippen molar-refractivity contribution >= 4 is 27.3 Å². The van der Waals surface area contributed by atoms with E-state index in [0.29, 0.717) is 29.6 Å². The second-order valence-corrected chi connectivity index (χ2v) is 8.16. The van der Waals surface area contributed by atoms with Gasteiger partial charge in [0, 0.05) is 31.8 Å². The number of carbonyl (C=O) groups excluding carboxylic acids is 1. The van der Waals surface area contributed by atoms with Crippen LogP contribution in [0.25, 0.3) is 4.96 Å². The number of aryl methyl sites for hydroxylation is 1. The van der Waals surface area contributed by atoms with E-state index in [4.69, 9.17) is 0 Å². The monoisotopic (exact) mass is 415 g/mol. The van der Waals surface area contributed by atoms with Gasteiger partial charge in [-0.25, -0.2) is 9.37 Å². The molecule has 0 saturated carbocycles. The van der Waals surface area contributed by atoms with E-state index in [1.165, 1.54) is 41.0 Å². The number of hydrogen-bond donors (Lipinski definition) is 1. The third-order valence-corrected chi connectivity index (χ3v) is 5.92. The number of aromatic nitrogens is 3. The Kier molecular flexibility index (Phi) is 5.31. The van der Waals surface area contributed by atoms with Crippen LogP contribution in [0.4, 0.5) is 9.52 Å². The summed E-state index contributed by atoms with van der Waals surface area (Å²) >= 11 is 1.31. The van der Waals surface area contributed by atoms with Gasteiger partial charge in [0.15, 0.2) is 0 Å². The van der Waals surface area contributed by atoms with Gasteiger partial charge in [0.1, 0.15) is 5.82 Å². The average Bonchev–Trinajstić information content (AvgIpc) is 2.98. The zero-order valence-corrected chi connectivity index (χ0v) is 17.1. The summed E-state index contributed by atoms with van der Waals surface area (Å²) in [6.45, 7) is 4.49. The Hall–Kier alpha value is -2.81. The third-order valence-electron chi connectivity index (χ3n) is 5.08. The molecule has 0 radical (unpaired) electrons. The highest BCUT2D eigenvalue weighted by atomic mass is 32.1. The lowest BCUT2D eigenvalue weighted by Gasteiger charge is -2.19. The van der Waals surface area contributed by atoms with Crippen molar-refractivity contribution in [3.8, 4) is 0 Å². The van der Waals surface area contributed by atoms with Gasteiger partial charge in [-0.05, 0) is 36.1 Å². The molecule has 7 nitrogen and oxygen atoms in total. The molecule has 0 fully saturated rings. The van der Waals surface area contributed by atoms with Crippen LogP contribution < -0.4 is 10.9 Å². The smallest absolute Gasteiger partial charge is 0.275 e. The number of benzene rings is 1. The Morgan fingerprint density at radius 3 is 2.97 bits per heavy atom. The molecule has 1 aromatic carbocycles. The lowest BCUT2D eigenvalue weighted by Crippen LogP contribution is -2.28. The highest BCUT2D eigenvalue weighted by Crippen LogP contribution is 2.31. The Morgan fingerprint density at radius 1 is 1.38 bits per heavy atom. The van der Waals surface area contributed by atoms with E-state index in [-0.39, 0.29) is 23.3 Å². The van der Waals surface area contributed by atoms with Gasteiger partial charge in [-0.1, -0.05) is 30.7 Å². The first-order chi connectivity index (χ1) is 13.9. The lowest BCUT2D eigenvalue weighted by atomic mass is 9.99. The number of rotatable bonds is 4. The summed E-state index contributed by atoms with van der Waals surface area (Å²) in [5.74, 6) is -0.368. The first-order valence-corrected chi connectivity index (χ1v) is 10.5. The van der Waals surface area contributed by atoms with E-state index in [0.717, 1.165) is 29.7 Å². The minimum absolute atomic E-state index is 0.0416. The van der Waals surface area contributed by atoms with Crippen LogP contribution in [0.5, 0.6) is 0 Å². The fourth-order valence-corrected chi connectivity index (χ4v) is 4.52. The first kappa shape index (κ1) is 19.5. The maximum absolute atomic E-state index is 13.8. The summed E-state index contributed by atoms with van der Waals surface area (Å²) in [5.41, 5.74) is 2.27. The molecule has 3 aromatic rings. The molecule has 1 aliphatic rings. The Balaban J connectivity index is 1.67. The van der Waals surface area contributed by atoms with Gasteiger partial charge in [-0.15, -0.1) is 5.10 Å². The van der Waals surface area contributed by atoms with Gasteiger partial charge in [0.2, 0.25) is 16.0 Å². The van der Waals surface area contributed by atoms with Crippen LogP contribution in [-0.2, 0) is 17.8 Å². The molecule has 1 N–H and O–H groups in total. The van der Waals surface area contributed by atoms with Crippen molar-refractivity contribution in [2.45, 2.75) is 45.7 Å². The topological polar surface area (TPSA) is 79.6 Å².